The van der Waals surface area contributed by atoms with Crippen molar-refractivity contribution in [2.45, 2.75) is 20.3 Å². The van der Waals surface area contributed by atoms with E-state index in [0.717, 1.165) is 22.4 Å². The highest BCUT2D eigenvalue weighted by Gasteiger charge is 2.13. The van der Waals surface area contributed by atoms with Crippen LogP contribution in [-0.4, -0.2) is 51.3 Å². The molecule has 3 N–H and O–H groups in total. The van der Waals surface area contributed by atoms with Gasteiger partial charge >= 0.3 is 11.8 Å². The maximum absolute atomic E-state index is 12.4. The lowest BCUT2D eigenvalue weighted by molar-refractivity contribution is -0.139. The lowest BCUT2D eigenvalue weighted by Gasteiger charge is -2.12. The zero-order chi connectivity index (χ0) is 28.2. The molecular formula is C29H32N4O6. The van der Waals surface area contributed by atoms with Crippen molar-refractivity contribution < 1.29 is 28.6 Å². The maximum atomic E-state index is 12.4. The third-order valence-electron chi connectivity index (χ3n) is 5.88. The number of methoxy groups -OCH3 is 2. The van der Waals surface area contributed by atoms with Crippen molar-refractivity contribution >= 4 is 29.6 Å². The first kappa shape index (κ1) is 28.7. The Balaban J connectivity index is 1.47. The Morgan fingerprint density at radius 1 is 0.872 bits per heavy atom. The number of aryl methyl sites for hydroxylation is 1. The van der Waals surface area contributed by atoms with E-state index >= 15 is 0 Å². The number of hydrogen-bond donors (Lipinski definition) is 3. The highest BCUT2D eigenvalue weighted by Crippen LogP contribution is 2.27. The zero-order valence-electron chi connectivity index (χ0n) is 22.4. The molecule has 0 aromatic heterocycles. The van der Waals surface area contributed by atoms with E-state index < -0.39 is 11.8 Å². The smallest absolute Gasteiger partial charge is 0.329 e. The van der Waals surface area contributed by atoms with Crippen molar-refractivity contribution in [1.29, 1.82) is 0 Å². The Bertz CT molecular complexity index is 1360. The summed E-state index contributed by atoms with van der Waals surface area (Å²) in [5.74, 6) is -0.459. The molecule has 3 rings (SSSR count). The van der Waals surface area contributed by atoms with Crippen molar-refractivity contribution in [3.8, 4) is 17.2 Å². The number of hydrazone groups is 1. The number of nitrogens with zero attached hydrogens (tertiary/aromatic N) is 1. The lowest BCUT2D eigenvalue weighted by atomic mass is 10.1. The fourth-order valence-electron chi connectivity index (χ4n) is 3.58. The fraction of sp³-hybridized carbons (Fsp3) is 0.241. The van der Waals surface area contributed by atoms with E-state index in [0.29, 0.717) is 29.2 Å². The summed E-state index contributed by atoms with van der Waals surface area (Å²) in [5.41, 5.74) is 6.41. The van der Waals surface area contributed by atoms with Crippen LogP contribution in [0.25, 0.3) is 0 Å². The first-order valence-corrected chi connectivity index (χ1v) is 12.2. The Labute approximate surface area is 227 Å². The van der Waals surface area contributed by atoms with Crippen LogP contribution < -0.4 is 30.3 Å². The molecular weight excluding hydrogens is 500 g/mol. The Kier molecular flexibility index (Phi) is 10.4. The van der Waals surface area contributed by atoms with Gasteiger partial charge in [0.2, 0.25) is 0 Å². The molecule has 0 spiro atoms. The number of amides is 3. The van der Waals surface area contributed by atoms with E-state index in [-0.39, 0.29) is 19.1 Å². The SMILES string of the molecule is COc1ccc(CCNC(=O)C(=O)N/N=C\c2ccccc2OCC(=O)Nc2cccc(C)c2C)cc1OC. The summed E-state index contributed by atoms with van der Waals surface area (Å²) in [7, 11) is 3.10. The molecule has 0 aliphatic rings. The van der Waals surface area contributed by atoms with Gasteiger partial charge in [0.05, 0.1) is 20.4 Å². The van der Waals surface area contributed by atoms with Gasteiger partial charge in [-0.2, -0.15) is 5.10 Å². The van der Waals surface area contributed by atoms with Crippen LogP contribution in [0.1, 0.15) is 22.3 Å². The standard InChI is InChI=1S/C29H32N4O6/c1-19-8-7-10-23(20(19)2)32-27(34)18-39-24-11-6-5-9-22(24)17-31-33-29(36)28(35)30-15-14-21-12-13-25(37-3)26(16-21)38-4/h5-13,16-17H,14-15,18H2,1-4H3,(H,30,35)(H,32,34)(H,33,36)/b31-17-. The van der Waals surface area contributed by atoms with Gasteiger partial charge in [-0.15, -0.1) is 0 Å². The topological polar surface area (TPSA) is 127 Å². The van der Waals surface area contributed by atoms with Gasteiger partial charge in [0, 0.05) is 17.8 Å². The molecule has 0 radical (unpaired) electrons. The van der Waals surface area contributed by atoms with Crippen LogP contribution in [-0.2, 0) is 20.8 Å². The van der Waals surface area contributed by atoms with E-state index in [9.17, 15) is 14.4 Å². The predicted octanol–water partition coefficient (Wildman–Crippen LogP) is 3.15. The molecule has 0 aliphatic heterocycles. The number of hydrogen-bond acceptors (Lipinski definition) is 7. The summed E-state index contributed by atoms with van der Waals surface area (Å²) < 4.78 is 16.1. The number of rotatable bonds is 11. The molecule has 0 saturated heterocycles. The lowest BCUT2D eigenvalue weighted by Crippen LogP contribution is -2.38. The molecule has 39 heavy (non-hydrogen) atoms. The van der Waals surface area contributed by atoms with E-state index in [1.807, 2.05) is 44.2 Å². The molecule has 10 nitrogen and oxygen atoms in total. The quantitative estimate of drug-likeness (QED) is 0.198. The van der Waals surface area contributed by atoms with Gasteiger partial charge in [-0.05, 0) is 67.3 Å². The number of carbonyl (C=O) groups is 3. The highest BCUT2D eigenvalue weighted by atomic mass is 16.5. The van der Waals surface area contributed by atoms with E-state index in [4.69, 9.17) is 14.2 Å². The maximum Gasteiger partial charge on any atom is 0.329 e. The minimum atomic E-state index is -0.912. The monoisotopic (exact) mass is 532 g/mol. The molecule has 0 bridgehead atoms. The molecule has 0 aliphatic carbocycles. The van der Waals surface area contributed by atoms with Gasteiger partial charge < -0.3 is 24.8 Å². The van der Waals surface area contributed by atoms with Crippen LogP contribution in [0.4, 0.5) is 5.69 Å². The van der Waals surface area contributed by atoms with E-state index in [1.165, 1.54) is 6.21 Å². The summed E-state index contributed by atoms with van der Waals surface area (Å²) in [6, 6.07) is 18.0. The fourth-order valence-corrected chi connectivity index (χ4v) is 3.58. The third kappa shape index (κ3) is 8.32. The van der Waals surface area contributed by atoms with Crippen LogP contribution in [0, 0.1) is 13.8 Å². The minimum absolute atomic E-state index is 0.215. The average molecular weight is 533 g/mol. The number of carbonyl (C=O) groups excluding carboxylic acids is 3. The molecule has 10 heteroatoms. The minimum Gasteiger partial charge on any atom is -0.493 e. The van der Waals surface area contributed by atoms with Crippen LogP contribution in [0.3, 0.4) is 0 Å². The molecule has 0 fully saturated rings. The molecule has 0 atom stereocenters. The number of nitrogens with one attached hydrogen (secondary N) is 3. The molecule has 3 aromatic rings. The van der Waals surface area contributed by atoms with Gasteiger partial charge in [-0.1, -0.05) is 30.3 Å². The van der Waals surface area contributed by atoms with Gasteiger partial charge in [-0.25, -0.2) is 5.43 Å². The van der Waals surface area contributed by atoms with Crippen LogP contribution >= 0.6 is 0 Å². The van der Waals surface area contributed by atoms with Gasteiger partial charge in [-0.3, -0.25) is 14.4 Å². The first-order valence-electron chi connectivity index (χ1n) is 12.2. The highest BCUT2D eigenvalue weighted by molar-refractivity contribution is 6.35. The van der Waals surface area contributed by atoms with Gasteiger partial charge in [0.25, 0.3) is 5.91 Å². The summed E-state index contributed by atoms with van der Waals surface area (Å²) in [4.78, 5) is 36.6. The second-order valence-electron chi connectivity index (χ2n) is 8.52. The van der Waals surface area contributed by atoms with Gasteiger partial charge in [0.1, 0.15) is 5.75 Å². The average Bonchev–Trinajstić information content (AvgIpc) is 2.94. The van der Waals surface area contributed by atoms with Crippen molar-refractivity contribution in [1.82, 2.24) is 10.7 Å². The number of ether oxygens (including phenoxy) is 3. The molecule has 0 saturated carbocycles. The molecule has 3 aromatic carbocycles. The van der Waals surface area contributed by atoms with Crippen LogP contribution in [0.5, 0.6) is 17.2 Å². The number of para-hydroxylation sites is 1. The Morgan fingerprint density at radius 2 is 1.64 bits per heavy atom. The van der Waals surface area contributed by atoms with E-state index in [1.54, 1.807) is 44.6 Å². The number of benzene rings is 3. The molecule has 0 unspecified atom stereocenters. The molecule has 0 heterocycles. The van der Waals surface area contributed by atoms with Gasteiger partial charge in [0.15, 0.2) is 18.1 Å². The summed E-state index contributed by atoms with van der Waals surface area (Å²) >= 11 is 0. The van der Waals surface area contributed by atoms with Crippen molar-refractivity contribution in [2.75, 3.05) is 32.7 Å². The van der Waals surface area contributed by atoms with Crippen molar-refractivity contribution in [3.63, 3.8) is 0 Å². The molecule has 3 amide bonds. The van der Waals surface area contributed by atoms with Crippen LogP contribution in [0.2, 0.25) is 0 Å². The van der Waals surface area contributed by atoms with E-state index in [2.05, 4.69) is 21.2 Å². The van der Waals surface area contributed by atoms with Crippen molar-refractivity contribution in [3.05, 3.63) is 82.9 Å². The summed E-state index contributed by atoms with van der Waals surface area (Å²) in [6.45, 7) is 3.93. The number of anilines is 1. The zero-order valence-corrected chi connectivity index (χ0v) is 22.4. The largest absolute Gasteiger partial charge is 0.493 e. The molecule has 204 valence electrons. The van der Waals surface area contributed by atoms with Crippen LogP contribution in [0.15, 0.2) is 65.8 Å². The summed E-state index contributed by atoms with van der Waals surface area (Å²) in [5, 5.41) is 9.24. The second kappa shape index (κ2) is 14.2. The van der Waals surface area contributed by atoms with Crippen molar-refractivity contribution in [2.24, 2.45) is 5.10 Å². The first-order chi connectivity index (χ1) is 18.8. The third-order valence-corrected chi connectivity index (χ3v) is 5.88. The predicted molar refractivity (Wildman–Crippen MR) is 148 cm³/mol. The Morgan fingerprint density at radius 3 is 2.41 bits per heavy atom. The Hall–Kier alpha value is -4.86. The second-order valence-corrected chi connectivity index (χ2v) is 8.52. The summed E-state index contributed by atoms with van der Waals surface area (Å²) in [6.07, 6.45) is 1.83. The normalized spacial score (nSPS) is 10.6.